The zero-order valence-electron chi connectivity index (χ0n) is 10.2. The number of fused-ring (bicyclic) bond motifs is 1. The van der Waals surface area contributed by atoms with Crippen molar-refractivity contribution in [2.24, 2.45) is 0 Å². The molecular weight excluding hydrogens is 196 g/mol. The molecule has 16 heavy (non-hydrogen) atoms. The van der Waals surface area contributed by atoms with Crippen molar-refractivity contribution in [2.45, 2.75) is 39.3 Å². The van der Waals surface area contributed by atoms with Crippen molar-refractivity contribution in [2.75, 3.05) is 13.1 Å². The van der Waals surface area contributed by atoms with Crippen molar-refractivity contribution in [3.8, 4) is 0 Å². The molecule has 0 atom stereocenters. The van der Waals surface area contributed by atoms with E-state index in [4.69, 9.17) is 0 Å². The van der Waals surface area contributed by atoms with Gasteiger partial charge in [-0.3, -0.25) is 0 Å². The topological polar surface area (TPSA) is 24.1 Å². The molecule has 2 nitrogen and oxygen atoms in total. The summed E-state index contributed by atoms with van der Waals surface area (Å²) in [7, 11) is 0. The van der Waals surface area contributed by atoms with Gasteiger partial charge in [-0.1, -0.05) is 31.5 Å². The lowest BCUT2D eigenvalue weighted by Gasteiger charge is -2.20. The Morgan fingerprint density at radius 3 is 3.19 bits per heavy atom. The van der Waals surface area contributed by atoms with E-state index in [2.05, 4.69) is 35.8 Å². The molecule has 2 N–H and O–H groups in total. The molecule has 1 aromatic rings. The number of nitrogens with one attached hydrogen (secondary N) is 2. The summed E-state index contributed by atoms with van der Waals surface area (Å²) in [6.07, 6.45) is 3.72. The van der Waals surface area contributed by atoms with E-state index in [0.29, 0.717) is 0 Å². The van der Waals surface area contributed by atoms with Gasteiger partial charge < -0.3 is 10.6 Å². The van der Waals surface area contributed by atoms with Gasteiger partial charge in [-0.15, -0.1) is 0 Å². The first-order valence-electron chi connectivity index (χ1n) is 6.43. The first-order valence-corrected chi connectivity index (χ1v) is 6.43. The fourth-order valence-corrected chi connectivity index (χ4v) is 2.30. The van der Waals surface area contributed by atoms with Crippen LogP contribution in [0.2, 0.25) is 0 Å². The summed E-state index contributed by atoms with van der Waals surface area (Å²) in [5.41, 5.74) is 4.56. The van der Waals surface area contributed by atoms with Crippen LogP contribution in [0.4, 0.5) is 0 Å². The lowest BCUT2D eigenvalue weighted by Crippen LogP contribution is -2.26. The summed E-state index contributed by atoms with van der Waals surface area (Å²) in [5, 5.41) is 6.96. The summed E-state index contributed by atoms with van der Waals surface area (Å²) < 4.78 is 0. The van der Waals surface area contributed by atoms with Crippen LogP contribution in [0.15, 0.2) is 18.2 Å². The highest BCUT2D eigenvalue weighted by molar-refractivity contribution is 5.36. The third-order valence-corrected chi connectivity index (χ3v) is 3.26. The minimum atomic E-state index is 1.03. The van der Waals surface area contributed by atoms with Crippen LogP contribution in [0.5, 0.6) is 0 Å². The van der Waals surface area contributed by atoms with Gasteiger partial charge in [0.1, 0.15) is 0 Å². The lowest BCUT2D eigenvalue weighted by molar-refractivity contribution is 0.614. The average Bonchev–Trinajstić information content (AvgIpc) is 2.35. The summed E-state index contributed by atoms with van der Waals surface area (Å²) in [5.74, 6) is 0. The fourth-order valence-electron chi connectivity index (χ4n) is 2.30. The molecule has 0 unspecified atom stereocenters. The highest BCUT2D eigenvalue weighted by atomic mass is 14.9. The van der Waals surface area contributed by atoms with Gasteiger partial charge in [0.05, 0.1) is 0 Å². The highest BCUT2D eigenvalue weighted by Crippen LogP contribution is 2.18. The first kappa shape index (κ1) is 11.6. The third-order valence-electron chi connectivity index (χ3n) is 3.26. The summed E-state index contributed by atoms with van der Waals surface area (Å²) in [6, 6.07) is 6.70. The molecule has 1 aliphatic rings. The zero-order valence-corrected chi connectivity index (χ0v) is 10.2. The molecule has 0 saturated heterocycles. The average molecular weight is 218 g/mol. The van der Waals surface area contributed by atoms with Crippen molar-refractivity contribution in [1.82, 2.24) is 10.6 Å². The minimum Gasteiger partial charge on any atom is -0.313 e. The van der Waals surface area contributed by atoms with E-state index in [0.717, 1.165) is 26.2 Å². The Morgan fingerprint density at radius 2 is 2.31 bits per heavy atom. The molecule has 0 radical (unpaired) electrons. The number of hydrogen-bond donors (Lipinski definition) is 2. The second-order valence-corrected chi connectivity index (χ2v) is 4.51. The number of unbranched alkanes of at least 4 members (excludes halogenated alkanes) is 1. The molecule has 1 heterocycles. The predicted molar refractivity (Wildman–Crippen MR) is 68.5 cm³/mol. The van der Waals surface area contributed by atoms with Crippen molar-refractivity contribution in [3.63, 3.8) is 0 Å². The Balaban J connectivity index is 1.97. The standard InChI is InChI=1S/C14H22N2/c1-2-3-8-15-10-12-5-4-6-13-11-16-9-7-14(12)13/h4-6,15-16H,2-3,7-11H2,1H3. The van der Waals surface area contributed by atoms with Crippen LogP contribution < -0.4 is 10.6 Å². The van der Waals surface area contributed by atoms with Crippen molar-refractivity contribution in [3.05, 3.63) is 34.9 Å². The van der Waals surface area contributed by atoms with E-state index in [9.17, 15) is 0 Å². The minimum absolute atomic E-state index is 1.03. The third kappa shape index (κ3) is 2.83. The fraction of sp³-hybridized carbons (Fsp3) is 0.571. The van der Waals surface area contributed by atoms with Gasteiger partial charge in [-0.2, -0.15) is 0 Å². The Bertz CT molecular complexity index is 334. The Labute approximate surface area is 98.4 Å². The molecule has 2 rings (SSSR count). The molecule has 0 aliphatic carbocycles. The van der Waals surface area contributed by atoms with Gasteiger partial charge in [-0.05, 0) is 42.6 Å². The molecule has 88 valence electrons. The quantitative estimate of drug-likeness (QED) is 0.741. The van der Waals surface area contributed by atoms with Crippen LogP contribution in [-0.4, -0.2) is 13.1 Å². The maximum atomic E-state index is 3.53. The van der Waals surface area contributed by atoms with E-state index in [1.165, 1.54) is 30.4 Å². The van der Waals surface area contributed by atoms with Crippen molar-refractivity contribution >= 4 is 0 Å². The van der Waals surface area contributed by atoms with Gasteiger partial charge in [0.2, 0.25) is 0 Å². The van der Waals surface area contributed by atoms with Crippen LogP contribution in [-0.2, 0) is 19.5 Å². The van der Waals surface area contributed by atoms with E-state index >= 15 is 0 Å². The van der Waals surface area contributed by atoms with Crippen LogP contribution in [0, 0.1) is 0 Å². The molecule has 2 heteroatoms. The van der Waals surface area contributed by atoms with E-state index in [1.54, 1.807) is 5.56 Å². The smallest absolute Gasteiger partial charge is 0.0208 e. The largest absolute Gasteiger partial charge is 0.313 e. The molecular formula is C14H22N2. The summed E-state index contributed by atoms with van der Waals surface area (Å²) in [6.45, 7) is 6.57. The Morgan fingerprint density at radius 1 is 1.38 bits per heavy atom. The lowest BCUT2D eigenvalue weighted by atomic mass is 9.95. The molecule has 0 amide bonds. The van der Waals surface area contributed by atoms with Crippen molar-refractivity contribution in [1.29, 1.82) is 0 Å². The van der Waals surface area contributed by atoms with Crippen LogP contribution >= 0.6 is 0 Å². The molecule has 0 saturated carbocycles. The monoisotopic (exact) mass is 218 g/mol. The molecule has 0 fully saturated rings. The highest BCUT2D eigenvalue weighted by Gasteiger charge is 2.11. The van der Waals surface area contributed by atoms with Crippen LogP contribution in [0.1, 0.15) is 36.5 Å². The SMILES string of the molecule is CCCCNCc1cccc2c1CCNC2. The van der Waals surface area contributed by atoms with Gasteiger partial charge >= 0.3 is 0 Å². The molecule has 0 bridgehead atoms. The van der Waals surface area contributed by atoms with Crippen LogP contribution in [0.25, 0.3) is 0 Å². The maximum Gasteiger partial charge on any atom is 0.0208 e. The Kier molecular flexibility index (Phi) is 4.37. The Hall–Kier alpha value is -0.860. The molecule has 0 spiro atoms. The van der Waals surface area contributed by atoms with Gasteiger partial charge in [0.15, 0.2) is 0 Å². The molecule has 1 aliphatic heterocycles. The molecule has 0 aromatic heterocycles. The maximum absolute atomic E-state index is 3.53. The summed E-state index contributed by atoms with van der Waals surface area (Å²) >= 11 is 0. The van der Waals surface area contributed by atoms with Gasteiger partial charge in [0.25, 0.3) is 0 Å². The number of rotatable bonds is 5. The van der Waals surface area contributed by atoms with Crippen molar-refractivity contribution < 1.29 is 0 Å². The van der Waals surface area contributed by atoms with Gasteiger partial charge in [0, 0.05) is 13.1 Å². The first-order chi connectivity index (χ1) is 7.92. The number of benzene rings is 1. The second kappa shape index (κ2) is 6.02. The van der Waals surface area contributed by atoms with Gasteiger partial charge in [-0.25, -0.2) is 0 Å². The van der Waals surface area contributed by atoms with Crippen LogP contribution in [0.3, 0.4) is 0 Å². The molecule has 1 aromatic carbocycles. The van der Waals surface area contributed by atoms with E-state index in [1.807, 2.05) is 0 Å². The number of hydrogen-bond acceptors (Lipinski definition) is 2. The predicted octanol–water partition coefficient (Wildman–Crippen LogP) is 2.22. The van der Waals surface area contributed by atoms with E-state index in [-0.39, 0.29) is 0 Å². The summed E-state index contributed by atoms with van der Waals surface area (Å²) in [4.78, 5) is 0. The normalized spacial score (nSPS) is 14.8. The van der Waals surface area contributed by atoms with E-state index < -0.39 is 0 Å². The second-order valence-electron chi connectivity index (χ2n) is 4.51. The zero-order chi connectivity index (χ0) is 11.2.